The number of amides is 1. The van der Waals surface area contributed by atoms with Crippen molar-refractivity contribution in [3.05, 3.63) is 12.7 Å². The molecule has 1 atom stereocenters. The normalized spacial score (nSPS) is 25.7. The molecule has 0 aliphatic carbocycles. The van der Waals surface area contributed by atoms with Gasteiger partial charge in [0.25, 0.3) is 0 Å². The Morgan fingerprint density at radius 2 is 2.20 bits per heavy atom. The van der Waals surface area contributed by atoms with E-state index in [9.17, 15) is 4.79 Å². The molecule has 3 N–H and O–H groups in total. The molecule has 0 bridgehead atoms. The molecule has 0 aromatic carbocycles. The largest absolute Gasteiger partial charge is 0.359 e. The summed E-state index contributed by atoms with van der Waals surface area (Å²) < 4.78 is 0. The molecule has 2 saturated heterocycles. The number of nitrogens with zero attached hydrogens (tertiary/aromatic N) is 2. The SMILES string of the molecule is C=CCNC(=S)N1CCNC(C)(C)C1(CCCC)N1CC(=O)NC1=S. The van der Waals surface area contributed by atoms with Gasteiger partial charge in [0, 0.05) is 19.6 Å². The maximum Gasteiger partial charge on any atom is 0.245 e. The monoisotopic (exact) mass is 383 g/mol. The number of unbranched alkanes of at least 4 members (excludes halogenated alkanes) is 1. The Bertz CT molecular complexity index is 565. The summed E-state index contributed by atoms with van der Waals surface area (Å²) in [6.07, 6.45) is 4.72. The van der Waals surface area contributed by atoms with Gasteiger partial charge in [-0.25, -0.2) is 0 Å². The summed E-state index contributed by atoms with van der Waals surface area (Å²) in [5.74, 6) is -0.0628. The zero-order valence-electron chi connectivity index (χ0n) is 15.4. The third-order valence-corrected chi connectivity index (χ3v) is 5.80. The lowest BCUT2D eigenvalue weighted by atomic mass is 9.78. The Balaban J connectivity index is 2.50. The van der Waals surface area contributed by atoms with E-state index in [-0.39, 0.29) is 18.0 Å². The van der Waals surface area contributed by atoms with Gasteiger partial charge in [0.1, 0.15) is 12.2 Å². The van der Waals surface area contributed by atoms with Crippen LogP contribution in [0.2, 0.25) is 0 Å². The highest BCUT2D eigenvalue weighted by Gasteiger charge is 2.58. The van der Waals surface area contributed by atoms with Gasteiger partial charge in [0.15, 0.2) is 10.2 Å². The first-order valence-corrected chi connectivity index (χ1v) is 9.64. The van der Waals surface area contributed by atoms with Gasteiger partial charge in [-0.3, -0.25) is 4.79 Å². The lowest BCUT2D eigenvalue weighted by Gasteiger charge is -2.61. The first-order valence-electron chi connectivity index (χ1n) is 8.83. The standard InChI is InChI=1S/C17H29N5OS2/c1-5-7-8-17(22-12-13(23)20-15(22)25)16(3,4)19-10-11-21(17)14(24)18-9-6-2/h6,19H,2,5,7-12H2,1,3-4H3,(H,18,24)(H,20,23,25). The van der Waals surface area contributed by atoms with E-state index in [0.717, 1.165) is 32.4 Å². The van der Waals surface area contributed by atoms with Crippen molar-refractivity contribution in [2.75, 3.05) is 26.2 Å². The molecule has 0 saturated carbocycles. The van der Waals surface area contributed by atoms with Crippen LogP contribution in [-0.2, 0) is 4.79 Å². The number of carbonyl (C=O) groups excluding carboxylic acids is 1. The Morgan fingerprint density at radius 1 is 1.48 bits per heavy atom. The third kappa shape index (κ3) is 3.66. The second-order valence-corrected chi connectivity index (χ2v) is 7.81. The zero-order valence-corrected chi connectivity index (χ0v) is 17.0. The molecule has 1 amide bonds. The van der Waals surface area contributed by atoms with Gasteiger partial charge in [0.2, 0.25) is 5.91 Å². The fourth-order valence-electron chi connectivity index (χ4n) is 3.90. The van der Waals surface area contributed by atoms with Gasteiger partial charge in [0.05, 0.1) is 5.54 Å². The second kappa shape index (κ2) is 7.97. The molecule has 0 spiro atoms. The highest BCUT2D eigenvalue weighted by atomic mass is 32.1. The number of rotatable bonds is 6. The molecule has 140 valence electrons. The Kier molecular flexibility index (Phi) is 6.40. The van der Waals surface area contributed by atoms with Crippen molar-refractivity contribution < 1.29 is 4.79 Å². The molecule has 2 heterocycles. The topological polar surface area (TPSA) is 59.6 Å². The van der Waals surface area contributed by atoms with Crippen LogP contribution in [0.15, 0.2) is 12.7 Å². The van der Waals surface area contributed by atoms with Crippen LogP contribution in [0.3, 0.4) is 0 Å². The van der Waals surface area contributed by atoms with Gasteiger partial charge in [-0.1, -0.05) is 19.4 Å². The highest BCUT2D eigenvalue weighted by molar-refractivity contribution is 7.80. The van der Waals surface area contributed by atoms with Crippen LogP contribution in [-0.4, -0.2) is 63.3 Å². The fraction of sp³-hybridized carbons (Fsp3) is 0.706. The van der Waals surface area contributed by atoms with E-state index < -0.39 is 5.66 Å². The van der Waals surface area contributed by atoms with Crippen molar-refractivity contribution in [3.63, 3.8) is 0 Å². The quantitative estimate of drug-likeness (QED) is 0.473. The predicted octanol–water partition coefficient (Wildman–Crippen LogP) is 1.33. The van der Waals surface area contributed by atoms with Crippen molar-refractivity contribution >= 4 is 40.6 Å². The zero-order chi connectivity index (χ0) is 18.7. The van der Waals surface area contributed by atoms with Gasteiger partial charge < -0.3 is 25.8 Å². The lowest BCUT2D eigenvalue weighted by Crippen LogP contribution is -2.80. The van der Waals surface area contributed by atoms with Crippen LogP contribution >= 0.6 is 24.4 Å². The van der Waals surface area contributed by atoms with E-state index in [1.54, 1.807) is 6.08 Å². The molecule has 0 aromatic rings. The molecule has 0 radical (unpaired) electrons. The van der Waals surface area contributed by atoms with Crippen molar-refractivity contribution in [2.24, 2.45) is 0 Å². The number of carbonyl (C=O) groups is 1. The molecular weight excluding hydrogens is 354 g/mol. The van der Waals surface area contributed by atoms with E-state index in [1.165, 1.54) is 0 Å². The lowest BCUT2D eigenvalue weighted by molar-refractivity contribution is -0.122. The number of piperazine rings is 1. The molecule has 2 aliphatic heterocycles. The number of nitrogens with one attached hydrogen (secondary N) is 3. The van der Waals surface area contributed by atoms with Crippen LogP contribution in [0.1, 0.15) is 40.0 Å². The molecule has 0 aromatic heterocycles. The molecule has 6 nitrogen and oxygen atoms in total. The third-order valence-electron chi connectivity index (χ3n) is 5.11. The first kappa shape index (κ1) is 20.1. The van der Waals surface area contributed by atoms with Crippen LogP contribution in [0.5, 0.6) is 0 Å². The second-order valence-electron chi connectivity index (χ2n) is 7.04. The molecule has 2 rings (SSSR count). The van der Waals surface area contributed by atoms with Gasteiger partial charge in [-0.15, -0.1) is 6.58 Å². The average molecular weight is 384 g/mol. The molecule has 1 unspecified atom stereocenters. The molecule has 2 fully saturated rings. The summed E-state index contributed by atoms with van der Waals surface area (Å²) in [5.41, 5.74) is -0.820. The van der Waals surface area contributed by atoms with Gasteiger partial charge >= 0.3 is 0 Å². The van der Waals surface area contributed by atoms with E-state index in [2.05, 4.69) is 48.2 Å². The molecule has 25 heavy (non-hydrogen) atoms. The highest BCUT2D eigenvalue weighted by Crippen LogP contribution is 2.40. The Hall–Kier alpha value is -1.25. The minimum absolute atomic E-state index is 0.0628. The summed E-state index contributed by atoms with van der Waals surface area (Å²) in [6.45, 7) is 12.7. The first-order chi connectivity index (χ1) is 11.8. The maximum absolute atomic E-state index is 12.0. The van der Waals surface area contributed by atoms with E-state index in [1.807, 2.05) is 4.90 Å². The maximum atomic E-state index is 12.0. The minimum Gasteiger partial charge on any atom is -0.359 e. The average Bonchev–Trinajstić information content (AvgIpc) is 2.89. The van der Waals surface area contributed by atoms with Crippen molar-refractivity contribution in [3.8, 4) is 0 Å². The van der Waals surface area contributed by atoms with Crippen molar-refractivity contribution in [1.82, 2.24) is 25.8 Å². The smallest absolute Gasteiger partial charge is 0.245 e. The van der Waals surface area contributed by atoms with Crippen molar-refractivity contribution in [2.45, 2.75) is 51.2 Å². The molecule has 2 aliphatic rings. The van der Waals surface area contributed by atoms with Gasteiger partial charge in [-0.2, -0.15) is 0 Å². The number of thiocarbonyl (C=S) groups is 2. The summed E-state index contributed by atoms with van der Waals surface area (Å²) >= 11 is 11.2. The summed E-state index contributed by atoms with van der Waals surface area (Å²) in [6, 6.07) is 0. The van der Waals surface area contributed by atoms with Crippen molar-refractivity contribution in [1.29, 1.82) is 0 Å². The summed E-state index contributed by atoms with van der Waals surface area (Å²) in [7, 11) is 0. The number of hydrogen-bond acceptors (Lipinski definition) is 4. The van der Waals surface area contributed by atoms with E-state index >= 15 is 0 Å². The van der Waals surface area contributed by atoms with Crippen LogP contribution in [0.4, 0.5) is 0 Å². The molecule has 8 heteroatoms. The number of hydrogen-bond donors (Lipinski definition) is 3. The summed E-state index contributed by atoms with van der Waals surface area (Å²) in [5, 5.41) is 10.8. The predicted molar refractivity (Wildman–Crippen MR) is 109 cm³/mol. The van der Waals surface area contributed by atoms with E-state index in [4.69, 9.17) is 24.4 Å². The van der Waals surface area contributed by atoms with Crippen LogP contribution < -0.4 is 16.0 Å². The summed E-state index contributed by atoms with van der Waals surface area (Å²) in [4.78, 5) is 16.3. The Labute approximate surface area is 161 Å². The van der Waals surface area contributed by atoms with Crippen LogP contribution in [0, 0.1) is 0 Å². The van der Waals surface area contributed by atoms with Crippen LogP contribution in [0.25, 0.3) is 0 Å². The molecular formula is C17H29N5OS2. The van der Waals surface area contributed by atoms with Gasteiger partial charge in [-0.05, 0) is 51.1 Å². The fourth-order valence-corrected chi connectivity index (χ4v) is 4.55. The minimum atomic E-state index is -0.511. The Morgan fingerprint density at radius 3 is 2.76 bits per heavy atom. The van der Waals surface area contributed by atoms with E-state index in [0.29, 0.717) is 16.8 Å².